The van der Waals surface area contributed by atoms with Crippen molar-refractivity contribution in [3.8, 4) is 28.8 Å². The fourth-order valence-electron chi connectivity index (χ4n) is 5.64. The molecule has 0 amide bonds. The van der Waals surface area contributed by atoms with Crippen molar-refractivity contribution in [2.75, 3.05) is 7.11 Å². The first-order valence-electron chi connectivity index (χ1n) is 14.8. The van der Waals surface area contributed by atoms with Gasteiger partial charge in [0.25, 0.3) is 5.56 Å². The van der Waals surface area contributed by atoms with E-state index >= 15 is 0 Å². The van der Waals surface area contributed by atoms with Crippen LogP contribution in [0.15, 0.2) is 120 Å². The van der Waals surface area contributed by atoms with Crippen LogP contribution >= 0.6 is 31.9 Å². The van der Waals surface area contributed by atoms with Gasteiger partial charge in [0, 0.05) is 37.1 Å². The highest BCUT2D eigenvalue weighted by Gasteiger charge is 2.18. The third kappa shape index (κ3) is 5.90. The van der Waals surface area contributed by atoms with Crippen LogP contribution in [0.2, 0.25) is 0 Å². The molecule has 0 saturated heterocycles. The first kappa shape index (κ1) is 30.7. The Bertz CT molecular complexity index is 2370. The Morgan fingerprint density at radius 3 is 2.51 bits per heavy atom. The Hall–Kier alpha value is -4.93. The van der Waals surface area contributed by atoms with Gasteiger partial charge < -0.3 is 18.5 Å². The second kappa shape index (κ2) is 12.7. The Balaban J connectivity index is 1.22. The van der Waals surface area contributed by atoms with E-state index in [0.717, 1.165) is 48.3 Å². The van der Waals surface area contributed by atoms with Crippen molar-refractivity contribution in [2.24, 2.45) is 5.10 Å². The van der Waals surface area contributed by atoms with E-state index in [9.17, 15) is 4.79 Å². The van der Waals surface area contributed by atoms with Gasteiger partial charge in [-0.05, 0) is 86.6 Å². The molecule has 0 spiro atoms. The number of aryl methyl sites for hydroxylation is 1. The number of methoxy groups -OCH3 is 1. The summed E-state index contributed by atoms with van der Waals surface area (Å²) >= 11 is 7.08. The molecule has 3 aromatic heterocycles. The lowest BCUT2D eigenvalue weighted by Gasteiger charge is -2.12. The summed E-state index contributed by atoms with van der Waals surface area (Å²) in [6, 6.07) is 30.7. The fourth-order valence-corrected chi connectivity index (χ4v) is 6.80. The van der Waals surface area contributed by atoms with Crippen LogP contribution in [0.3, 0.4) is 0 Å². The normalized spacial score (nSPS) is 11.6. The van der Waals surface area contributed by atoms with Gasteiger partial charge in [-0.15, -0.1) is 0 Å². The summed E-state index contributed by atoms with van der Waals surface area (Å²) in [6.07, 6.45) is 1.69. The number of nitrogens with zero attached hydrogens (tertiary/aromatic N) is 4. The summed E-state index contributed by atoms with van der Waals surface area (Å²) in [5.41, 5.74) is 5.77. The molecule has 0 aliphatic carbocycles. The first-order valence-corrected chi connectivity index (χ1v) is 16.4. The zero-order valence-corrected chi connectivity index (χ0v) is 28.9. The summed E-state index contributed by atoms with van der Waals surface area (Å²) in [4.78, 5) is 18.6. The van der Waals surface area contributed by atoms with Crippen LogP contribution in [0.25, 0.3) is 39.1 Å². The van der Waals surface area contributed by atoms with Gasteiger partial charge in [-0.3, -0.25) is 4.79 Å². The Morgan fingerprint density at radius 1 is 0.915 bits per heavy atom. The number of para-hydroxylation sites is 1. The lowest BCUT2D eigenvalue weighted by atomic mass is 10.2. The molecular formula is C37H28Br2N4O4. The quantitative estimate of drug-likeness (QED) is 0.145. The average Bonchev–Trinajstić information content (AvgIpc) is 3.64. The molecule has 10 heteroatoms. The lowest BCUT2D eigenvalue weighted by Crippen LogP contribution is -2.20. The third-order valence-electron chi connectivity index (χ3n) is 8.00. The maximum Gasteiger partial charge on any atom is 0.282 e. The Morgan fingerprint density at radius 2 is 1.72 bits per heavy atom. The Kier molecular flexibility index (Phi) is 8.30. The van der Waals surface area contributed by atoms with Gasteiger partial charge >= 0.3 is 0 Å². The molecule has 7 rings (SSSR count). The van der Waals surface area contributed by atoms with Crippen LogP contribution in [0.5, 0.6) is 11.5 Å². The van der Waals surface area contributed by atoms with Crippen LogP contribution in [0.4, 0.5) is 0 Å². The number of rotatable bonds is 8. The second-order valence-electron chi connectivity index (χ2n) is 11.0. The number of aromatic nitrogens is 3. The summed E-state index contributed by atoms with van der Waals surface area (Å²) in [5, 5.41) is 5.93. The van der Waals surface area contributed by atoms with E-state index in [1.807, 2.05) is 98.8 Å². The van der Waals surface area contributed by atoms with Crippen LogP contribution in [-0.2, 0) is 6.61 Å². The molecule has 234 valence electrons. The van der Waals surface area contributed by atoms with Crippen molar-refractivity contribution in [1.82, 2.24) is 14.2 Å². The molecule has 0 N–H and O–H groups in total. The van der Waals surface area contributed by atoms with E-state index in [0.29, 0.717) is 40.4 Å². The van der Waals surface area contributed by atoms with E-state index in [-0.39, 0.29) is 5.56 Å². The van der Waals surface area contributed by atoms with Crippen molar-refractivity contribution in [3.63, 3.8) is 0 Å². The van der Waals surface area contributed by atoms with Crippen LogP contribution in [0.1, 0.15) is 22.5 Å². The molecule has 0 aliphatic rings. The molecule has 4 aromatic carbocycles. The predicted octanol–water partition coefficient (Wildman–Crippen LogP) is 9.21. The van der Waals surface area contributed by atoms with Gasteiger partial charge in [0.15, 0.2) is 5.76 Å². The molecule has 8 nitrogen and oxygen atoms in total. The number of hydrogen-bond acceptors (Lipinski definition) is 6. The monoisotopic (exact) mass is 750 g/mol. The summed E-state index contributed by atoms with van der Waals surface area (Å²) in [5.74, 6) is 2.14. The van der Waals surface area contributed by atoms with Gasteiger partial charge in [0.1, 0.15) is 23.7 Å². The summed E-state index contributed by atoms with van der Waals surface area (Å²) < 4.78 is 23.2. The molecule has 0 atom stereocenters. The number of halogens is 2. The van der Waals surface area contributed by atoms with Crippen LogP contribution < -0.4 is 15.0 Å². The highest BCUT2D eigenvalue weighted by molar-refractivity contribution is 9.11. The summed E-state index contributed by atoms with van der Waals surface area (Å²) in [7, 11) is 1.61. The average molecular weight is 752 g/mol. The van der Waals surface area contributed by atoms with Crippen LogP contribution in [-0.4, -0.2) is 27.6 Å². The molecule has 47 heavy (non-hydrogen) atoms. The van der Waals surface area contributed by atoms with E-state index in [2.05, 4.69) is 41.5 Å². The number of fused-ring (bicyclic) bond motifs is 2. The highest BCUT2D eigenvalue weighted by Crippen LogP contribution is 2.33. The molecule has 0 aliphatic heterocycles. The molecule has 7 aromatic rings. The lowest BCUT2D eigenvalue weighted by molar-refractivity contribution is 0.305. The fraction of sp³-hybridized carbons (Fsp3) is 0.108. The van der Waals surface area contributed by atoms with Gasteiger partial charge in [-0.1, -0.05) is 56.1 Å². The molecule has 3 heterocycles. The number of hydrogen-bond donors (Lipinski definition) is 0. The maximum absolute atomic E-state index is 13.8. The molecule has 0 bridgehead atoms. The Labute approximate surface area is 287 Å². The number of benzene rings is 4. The predicted molar refractivity (Wildman–Crippen MR) is 192 cm³/mol. The first-order chi connectivity index (χ1) is 22.8. The van der Waals surface area contributed by atoms with Crippen molar-refractivity contribution in [3.05, 3.63) is 139 Å². The van der Waals surface area contributed by atoms with Crippen molar-refractivity contribution < 1.29 is 13.9 Å². The van der Waals surface area contributed by atoms with Gasteiger partial charge in [0.05, 0.1) is 29.6 Å². The molecule has 0 radical (unpaired) electrons. The maximum atomic E-state index is 13.8. The van der Waals surface area contributed by atoms with Crippen molar-refractivity contribution in [1.29, 1.82) is 0 Å². The molecule has 0 unspecified atom stereocenters. The van der Waals surface area contributed by atoms with Gasteiger partial charge in [-0.2, -0.15) is 9.78 Å². The summed E-state index contributed by atoms with van der Waals surface area (Å²) in [6.45, 7) is 4.51. The van der Waals surface area contributed by atoms with E-state index < -0.39 is 0 Å². The zero-order valence-electron chi connectivity index (χ0n) is 25.7. The second-order valence-corrected chi connectivity index (χ2v) is 12.7. The minimum atomic E-state index is -0.297. The number of furan rings is 1. The largest absolute Gasteiger partial charge is 0.496 e. The minimum absolute atomic E-state index is 0.294. The van der Waals surface area contributed by atoms with E-state index in [1.54, 1.807) is 25.5 Å². The van der Waals surface area contributed by atoms with E-state index in [4.69, 9.17) is 18.9 Å². The zero-order chi connectivity index (χ0) is 32.7. The standard InChI is InChI=1S/C37H28Br2N4O4/c1-22-17-25(23(2)42(22)27-13-15-28(16-14-27)46-21-24-11-12-26(38)18-31(24)39)20-40-43-36(41-32-8-5-4-7-29(32)37(43)44)35-19-30-33(45-3)9-6-10-34(30)47-35/h4-20H,21H2,1-3H3. The molecular weight excluding hydrogens is 724 g/mol. The third-order valence-corrected chi connectivity index (χ3v) is 9.23. The van der Waals surface area contributed by atoms with Crippen LogP contribution in [0, 0.1) is 13.8 Å². The SMILES string of the molecule is COc1cccc2oc(-c3nc4ccccc4c(=O)n3N=Cc3cc(C)n(-c4ccc(OCc5ccc(Br)cc5Br)cc4)c3C)cc12. The van der Waals surface area contributed by atoms with Crippen molar-refractivity contribution >= 4 is 59.9 Å². The smallest absolute Gasteiger partial charge is 0.282 e. The topological polar surface area (TPSA) is 83.8 Å². The highest BCUT2D eigenvalue weighted by atomic mass is 79.9. The number of ether oxygens (including phenoxy) is 2. The minimum Gasteiger partial charge on any atom is -0.496 e. The molecule has 0 saturated carbocycles. The molecule has 0 fully saturated rings. The van der Waals surface area contributed by atoms with E-state index in [1.165, 1.54) is 4.68 Å². The van der Waals surface area contributed by atoms with Crippen molar-refractivity contribution in [2.45, 2.75) is 20.5 Å². The van der Waals surface area contributed by atoms with Gasteiger partial charge in [0.2, 0.25) is 5.82 Å². The van der Waals surface area contributed by atoms with Gasteiger partial charge in [-0.25, -0.2) is 4.98 Å².